The monoisotopic (exact) mass is 308 g/mol. The minimum atomic E-state index is 0.210. The zero-order chi connectivity index (χ0) is 14.4. The van der Waals surface area contributed by atoms with Gasteiger partial charge in [-0.05, 0) is 38.6 Å². The minimum absolute atomic E-state index is 0.210. The maximum Gasteiger partial charge on any atom is 0.149 e. The summed E-state index contributed by atoms with van der Waals surface area (Å²) in [6.45, 7) is 4.07. The van der Waals surface area contributed by atoms with Crippen molar-refractivity contribution in [2.75, 3.05) is 12.8 Å². The highest BCUT2D eigenvalue weighted by molar-refractivity contribution is 8.01. The van der Waals surface area contributed by atoms with Crippen LogP contribution in [0.2, 0.25) is 0 Å². The molecule has 0 aliphatic carbocycles. The van der Waals surface area contributed by atoms with Gasteiger partial charge >= 0.3 is 0 Å². The Morgan fingerprint density at radius 1 is 1.30 bits per heavy atom. The lowest BCUT2D eigenvalue weighted by Crippen LogP contribution is -2.18. The van der Waals surface area contributed by atoms with Crippen LogP contribution in [0, 0.1) is 0 Å². The highest BCUT2D eigenvalue weighted by Gasteiger charge is 2.11. The molecule has 5 heteroatoms. The number of thiazole rings is 1. The van der Waals surface area contributed by atoms with Crippen LogP contribution in [0.15, 0.2) is 40.2 Å². The summed E-state index contributed by atoms with van der Waals surface area (Å²) in [6.07, 6.45) is 2.06. The Kier molecular flexibility index (Phi) is 5.88. The zero-order valence-corrected chi connectivity index (χ0v) is 13.6. The fourth-order valence-electron chi connectivity index (χ4n) is 1.83. The molecule has 0 radical (unpaired) electrons. The highest BCUT2D eigenvalue weighted by atomic mass is 32.2. The number of thioether (sulfide) groups is 1. The smallest absolute Gasteiger partial charge is 0.149 e. The number of benzene rings is 1. The molecule has 2 aromatic rings. The van der Waals surface area contributed by atoms with Gasteiger partial charge in [-0.15, -0.1) is 11.3 Å². The third kappa shape index (κ3) is 4.51. The van der Waals surface area contributed by atoms with Crippen molar-refractivity contribution in [2.45, 2.75) is 30.3 Å². The van der Waals surface area contributed by atoms with Crippen LogP contribution in [0.25, 0.3) is 0 Å². The molecule has 0 aliphatic rings. The first-order valence-electron chi connectivity index (χ1n) is 6.65. The van der Waals surface area contributed by atoms with Gasteiger partial charge in [0.2, 0.25) is 0 Å². The maximum absolute atomic E-state index is 5.67. The molecule has 0 aliphatic heterocycles. The molecule has 0 amide bonds. The number of hydrogen-bond acceptors (Lipinski definition) is 5. The van der Waals surface area contributed by atoms with E-state index in [4.69, 9.17) is 4.74 Å². The van der Waals surface area contributed by atoms with Crippen molar-refractivity contribution in [3.05, 3.63) is 41.4 Å². The molecule has 1 unspecified atom stereocenters. The molecule has 108 valence electrons. The van der Waals surface area contributed by atoms with E-state index >= 15 is 0 Å². The van der Waals surface area contributed by atoms with E-state index in [1.807, 2.05) is 44.6 Å². The Labute approximate surface area is 128 Å². The summed E-state index contributed by atoms with van der Waals surface area (Å²) in [6, 6.07) is 8.64. The lowest BCUT2D eigenvalue weighted by molar-refractivity contribution is 0.242. The number of hydrogen-bond donors (Lipinski definition) is 1. The van der Waals surface area contributed by atoms with Gasteiger partial charge in [0.05, 0.1) is 6.10 Å². The Morgan fingerprint density at radius 2 is 2.05 bits per heavy atom. The molecule has 1 heterocycles. The number of rotatable bonds is 7. The summed E-state index contributed by atoms with van der Waals surface area (Å²) in [5.74, 6) is 1.89. The largest absolute Gasteiger partial charge is 0.491 e. The second-order valence-electron chi connectivity index (χ2n) is 4.69. The van der Waals surface area contributed by atoms with Gasteiger partial charge in [0.1, 0.15) is 10.1 Å². The molecule has 1 aromatic heterocycles. The fraction of sp³-hybridized carbons (Fsp3) is 0.400. The van der Waals surface area contributed by atoms with Gasteiger partial charge in [-0.25, -0.2) is 4.98 Å². The van der Waals surface area contributed by atoms with Gasteiger partial charge < -0.3 is 10.1 Å². The molecular formula is C15H20N2OS2. The predicted octanol–water partition coefficient (Wildman–Crippen LogP) is 3.98. The summed E-state index contributed by atoms with van der Waals surface area (Å²) < 4.78 is 6.78. The van der Waals surface area contributed by atoms with Crippen molar-refractivity contribution in [1.29, 1.82) is 0 Å². The molecule has 20 heavy (non-hydrogen) atoms. The number of nitrogens with one attached hydrogen (secondary N) is 1. The van der Waals surface area contributed by atoms with E-state index in [2.05, 4.69) is 22.4 Å². The van der Waals surface area contributed by atoms with Crippen LogP contribution in [-0.4, -0.2) is 23.9 Å². The first-order chi connectivity index (χ1) is 9.69. The second kappa shape index (κ2) is 7.67. The molecule has 1 N–H and O–H groups in total. The van der Waals surface area contributed by atoms with E-state index in [-0.39, 0.29) is 6.10 Å². The lowest BCUT2D eigenvalue weighted by atomic mass is 10.1. The third-order valence-electron chi connectivity index (χ3n) is 2.79. The average molecular weight is 308 g/mol. The van der Waals surface area contributed by atoms with E-state index in [1.54, 1.807) is 23.1 Å². The van der Waals surface area contributed by atoms with Gasteiger partial charge in [0.25, 0.3) is 0 Å². The van der Waals surface area contributed by atoms with E-state index in [9.17, 15) is 0 Å². The Hall–Kier alpha value is -1.04. The normalized spacial score (nSPS) is 12.6. The topological polar surface area (TPSA) is 34.2 Å². The van der Waals surface area contributed by atoms with Gasteiger partial charge in [-0.2, -0.15) is 0 Å². The van der Waals surface area contributed by atoms with Crippen molar-refractivity contribution in [1.82, 2.24) is 10.3 Å². The molecule has 0 fully saturated rings. The summed E-state index contributed by atoms with van der Waals surface area (Å²) in [4.78, 5) is 4.30. The van der Waals surface area contributed by atoms with Crippen LogP contribution in [0.1, 0.15) is 25.5 Å². The van der Waals surface area contributed by atoms with E-state index in [0.29, 0.717) is 6.04 Å². The van der Waals surface area contributed by atoms with Crippen LogP contribution in [0.5, 0.6) is 5.75 Å². The van der Waals surface area contributed by atoms with Crippen LogP contribution < -0.4 is 10.1 Å². The highest BCUT2D eigenvalue weighted by Crippen LogP contribution is 2.27. The predicted molar refractivity (Wildman–Crippen MR) is 86.8 cm³/mol. The number of aromatic nitrogens is 1. The van der Waals surface area contributed by atoms with Crippen LogP contribution in [0.3, 0.4) is 0 Å². The molecule has 0 bridgehead atoms. The SMILES string of the molecule is CNC(CSc1nccs1)c1ccc(OC(C)C)cc1. The van der Waals surface area contributed by atoms with Gasteiger partial charge in [-0.3, -0.25) is 0 Å². The molecule has 0 saturated carbocycles. The third-order valence-corrected chi connectivity index (χ3v) is 4.85. The summed E-state index contributed by atoms with van der Waals surface area (Å²) in [5.41, 5.74) is 1.27. The first kappa shape index (κ1) is 15.4. The molecule has 1 aromatic carbocycles. The van der Waals surface area contributed by atoms with Crippen molar-refractivity contribution in [3.63, 3.8) is 0 Å². The standard InChI is InChI=1S/C15H20N2OS2/c1-11(2)18-13-6-4-12(5-7-13)14(16-3)10-20-15-17-8-9-19-15/h4-9,11,14,16H,10H2,1-3H3. The van der Waals surface area contributed by atoms with Gasteiger partial charge in [0, 0.05) is 23.4 Å². The van der Waals surface area contributed by atoms with Crippen LogP contribution in [-0.2, 0) is 0 Å². The Morgan fingerprint density at radius 3 is 2.60 bits per heavy atom. The van der Waals surface area contributed by atoms with E-state index < -0.39 is 0 Å². The Balaban J connectivity index is 1.96. The van der Waals surface area contributed by atoms with Crippen molar-refractivity contribution in [3.8, 4) is 5.75 Å². The van der Waals surface area contributed by atoms with E-state index in [1.165, 1.54) is 5.56 Å². The van der Waals surface area contributed by atoms with Crippen LogP contribution in [0.4, 0.5) is 0 Å². The van der Waals surface area contributed by atoms with Gasteiger partial charge in [0.15, 0.2) is 0 Å². The molecule has 1 atom stereocenters. The summed E-state index contributed by atoms with van der Waals surface area (Å²) in [7, 11) is 1.99. The molecule has 0 saturated heterocycles. The maximum atomic E-state index is 5.67. The van der Waals surface area contributed by atoms with Crippen molar-refractivity contribution >= 4 is 23.1 Å². The quantitative estimate of drug-likeness (QED) is 0.785. The van der Waals surface area contributed by atoms with Crippen molar-refractivity contribution < 1.29 is 4.74 Å². The van der Waals surface area contributed by atoms with Gasteiger partial charge in [-0.1, -0.05) is 23.9 Å². The lowest BCUT2D eigenvalue weighted by Gasteiger charge is -2.16. The molecular weight excluding hydrogens is 288 g/mol. The second-order valence-corrected chi connectivity index (χ2v) is 6.85. The zero-order valence-electron chi connectivity index (χ0n) is 12.0. The van der Waals surface area contributed by atoms with Crippen LogP contribution >= 0.6 is 23.1 Å². The fourth-order valence-corrected chi connectivity index (χ4v) is 3.64. The summed E-state index contributed by atoms with van der Waals surface area (Å²) >= 11 is 3.47. The Bertz CT molecular complexity index is 497. The molecule has 3 nitrogen and oxygen atoms in total. The molecule has 0 spiro atoms. The number of ether oxygens (including phenoxy) is 1. The van der Waals surface area contributed by atoms with Crippen molar-refractivity contribution in [2.24, 2.45) is 0 Å². The van der Waals surface area contributed by atoms with E-state index in [0.717, 1.165) is 15.8 Å². The first-order valence-corrected chi connectivity index (χ1v) is 8.51. The average Bonchev–Trinajstić information content (AvgIpc) is 2.94. The summed E-state index contributed by atoms with van der Waals surface area (Å²) in [5, 5.41) is 5.36. The minimum Gasteiger partial charge on any atom is -0.491 e. The number of nitrogens with zero attached hydrogens (tertiary/aromatic N) is 1. The molecule has 2 rings (SSSR count).